The number of hydrogen-bond donors (Lipinski definition) is 2. The van der Waals surface area contributed by atoms with Crippen molar-refractivity contribution in [2.24, 2.45) is 0 Å². The monoisotopic (exact) mass is 365 g/mol. The van der Waals surface area contributed by atoms with Crippen molar-refractivity contribution in [3.63, 3.8) is 0 Å². The summed E-state index contributed by atoms with van der Waals surface area (Å²) in [6, 6.07) is 6.00. The molecule has 2 aromatic heterocycles. The van der Waals surface area contributed by atoms with Gasteiger partial charge in [0.1, 0.15) is 11.4 Å². The molecule has 0 unspecified atom stereocenters. The van der Waals surface area contributed by atoms with Gasteiger partial charge in [-0.2, -0.15) is 5.10 Å². The van der Waals surface area contributed by atoms with Crippen LogP contribution in [0.15, 0.2) is 24.4 Å². The number of ether oxygens (including phenoxy) is 1. The minimum atomic E-state index is -0.298. The Hall–Kier alpha value is -2.67. The number of nitrogens with zero attached hydrogens (tertiary/aromatic N) is 3. The largest absolute Gasteiger partial charge is 0.368 e. The highest BCUT2D eigenvalue weighted by atomic mass is 16.5. The van der Waals surface area contributed by atoms with E-state index in [9.17, 15) is 4.79 Å². The van der Waals surface area contributed by atoms with Crippen LogP contribution < -0.4 is 0 Å². The normalized spacial score (nSPS) is 18.8. The molecule has 5 rings (SSSR count). The number of aryl methyl sites for hydroxylation is 1. The summed E-state index contributed by atoms with van der Waals surface area (Å²) in [7, 11) is 0. The van der Waals surface area contributed by atoms with Crippen molar-refractivity contribution in [2.45, 2.75) is 38.2 Å². The van der Waals surface area contributed by atoms with E-state index in [0.717, 1.165) is 54.0 Å². The molecule has 0 bridgehead atoms. The number of likely N-dealkylation sites (tertiary alicyclic amines) is 1. The predicted molar refractivity (Wildman–Crippen MR) is 100 cm³/mol. The summed E-state index contributed by atoms with van der Waals surface area (Å²) >= 11 is 0. The zero-order valence-corrected chi connectivity index (χ0v) is 15.4. The molecule has 1 spiro atoms. The first-order valence-corrected chi connectivity index (χ1v) is 9.53. The van der Waals surface area contributed by atoms with E-state index in [1.165, 1.54) is 5.56 Å². The van der Waals surface area contributed by atoms with Crippen molar-refractivity contribution in [1.82, 2.24) is 25.1 Å². The maximum absolute atomic E-state index is 12.8. The third-order valence-corrected chi connectivity index (χ3v) is 5.87. The molecule has 4 heterocycles. The van der Waals surface area contributed by atoms with E-state index in [2.05, 4.69) is 20.2 Å². The van der Waals surface area contributed by atoms with Crippen LogP contribution in [0.25, 0.3) is 11.0 Å². The fourth-order valence-electron chi connectivity index (χ4n) is 4.42. The van der Waals surface area contributed by atoms with Crippen molar-refractivity contribution >= 4 is 16.9 Å². The molecule has 0 aliphatic carbocycles. The number of rotatable bonds is 2. The smallest absolute Gasteiger partial charge is 0.226 e. The molecule has 0 saturated carbocycles. The van der Waals surface area contributed by atoms with Crippen LogP contribution in [0.2, 0.25) is 0 Å². The number of nitrogens with one attached hydrogen (secondary N) is 2. The van der Waals surface area contributed by atoms with Crippen LogP contribution in [0.1, 0.15) is 35.5 Å². The number of hydrogen-bond acceptors (Lipinski definition) is 4. The predicted octanol–water partition coefficient (Wildman–Crippen LogP) is 2.23. The van der Waals surface area contributed by atoms with E-state index in [1.807, 2.05) is 36.2 Å². The van der Waals surface area contributed by atoms with Gasteiger partial charge in [-0.15, -0.1) is 0 Å². The molecule has 27 heavy (non-hydrogen) atoms. The first-order chi connectivity index (χ1) is 13.1. The van der Waals surface area contributed by atoms with Crippen LogP contribution in [-0.4, -0.2) is 50.7 Å². The fourth-order valence-corrected chi connectivity index (χ4v) is 4.42. The van der Waals surface area contributed by atoms with E-state index in [4.69, 9.17) is 4.74 Å². The Morgan fingerprint density at radius 3 is 3.04 bits per heavy atom. The van der Waals surface area contributed by atoms with Gasteiger partial charge >= 0.3 is 0 Å². The number of H-pyrrole nitrogens is 2. The zero-order chi connectivity index (χ0) is 18.4. The lowest BCUT2D eigenvalue weighted by atomic mass is 9.83. The number of imidazole rings is 1. The Bertz CT molecular complexity index is 997. The van der Waals surface area contributed by atoms with Crippen LogP contribution in [-0.2, 0) is 28.0 Å². The molecule has 1 amide bonds. The Labute approximate surface area is 157 Å². The number of aromatic amines is 2. The van der Waals surface area contributed by atoms with Crippen LogP contribution in [0.5, 0.6) is 0 Å². The molecule has 2 aliphatic rings. The second-order valence-corrected chi connectivity index (χ2v) is 7.59. The van der Waals surface area contributed by atoms with E-state index >= 15 is 0 Å². The lowest BCUT2D eigenvalue weighted by molar-refractivity contribution is -0.140. The molecule has 3 aromatic rings. The topological polar surface area (TPSA) is 86.9 Å². The molecule has 7 heteroatoms. The van der Waals surface area contributed by atoms with Crippen molar-refractivity contribution in [3.05, 3.63) is 47.0 Å². The molecule has 2 N–H and O–H groups in total. The van der Waals surface area contributed by atoms with Crippen molar-refractivity contribution < 1.29 is 9.53 Å². The van der Waals surface area contributed by atoms with Crippen LogP contribution in [0.4, 0.5) is 0 Å². The van der Waals surface area contributed by atoms with Crippen LogP contribution in [0.3, 0.4) is 0 Å². The first kappa shape index (κ1) is 16.5. The average Bonchev–Trinajstić information content (AvgIpc) is 3.28. The number of aromatic nitrogens is 4. The van der Waals surface area contributed by atoms with Crippen LogP contribution >= 0.6 is 0 Å². The number of amides is 1. The van der Waals surface area contributed by atoms with Gasteiger partial charge in [0, 0.05) is 13.1 Å². The summed E-state index contributed by atoms with van der Waals surface area (Å²) in [5.41, 5.74) is 5.00. The molecular formula is C20H23N5O2. The molecule has 0 atom stereocenters. The molecule has 2 aliphatic heterocycles. The quantitative estimate of drug-likeness (QED) is 0.729. The van der Waals surface area contributed by atoms with E-state index in [-0.39, 0.29) is 11.5 Å². The Kier molecular flexibility index (Phi) is 3.79. The Balaban J connectivity index is 1.27. The molecule has 1 aromatic carbocycles. The molecule has 140 valence electrons. The van der Waals surface area contributed by atoms with Crippen molar-refractivity contribution in [3.8, 4) is 0 Å². The summed E-state index contributed by atoms with van der Waals surface area (Å²) in [6.45, 7) is 4.09. The van der Waals surface area contributed by atoms with Crippen LogP contribution in [0, 0.1) is 6.92 Å². The standard InChI is InChI=1S/C20H23N5O2/c1-13-22-16-3-2-14(10-17(16)23-13)11-18(26)25-7-5-20(6-8-25)19-15(4-9-27-20)12-21-24-19/h2-3,10,12H,4-9,11H2,1H3,(H,21,24)(H,22,23). The van der Waals surface area contributed by atoms with Gasteiger partial charge in [-0.3, -0.25) is 9.89 Å². The lowest BCUT2D eigenvalue weighted by Gasteiger charge is -2.43. The number of benzene rings is 1. The number of fused-ring (bicyclic) bond motifs is 3. The van der Waals surface area contributed by atoms with Crippen molar-refractivity contribution in [1.29, 1.82) is 0 Å². The average molecular weight is 365 g/mol. The van der Waals surface area contributed by atoms with Gasteiger partial charge in [0.15, 0.2) is 0 Å². The maximum Gasteiger partial charge on any atom is 0.226 e. The third kappa shape index (κ3) is 2.82. The summed E-state index contributed by atoms with van der Waals surface area (Å²) in [4.78, 5) is 22.4. The molecule has 7 nitrogen and oxygen atoms in total. The van der Waals surface area contributed by atoms with E-state index < -0.39 is 0 Å². The van der Waals surface area contributed by atoms with Gasteiger partial charge in [-0.25, -0.2) is 4.98 Å². The van der Waals surface area contributed by atoms with Gasteiger partial charge < -0.3 is 14.6 Å². The lowest BCUT2D eigenvalue weighted by Crippen LogP contribution is -2.48. The molecule has 1 saturated heterocycles. The second kappa shape index (κ2) is 6.20. The maximum atomic E-state index is 12.8. The Morgan fingerprint density at radius 1 is 1.33 bits per heavy atom. The summed E-state index contributed by atoms with van der Waals surface area (Å²) in [5.74, 6) is 1.06. The fraction of sp³-hybridized carbons (Fsp3) is 0.450. The highest BCUT2D eigenvalue weighted by Gasteiger charge is 2.42. The van der Waals surface area contributed by atoms with Gasteiger partial charge in [0.2, 0.25) is 5.91 Å². The second-order valence-electron chi connectivity index (χ2n) is 7.59. The van der Waals surface area contributed by atoms with Crippen molar-refractivity contribution in [2.75, 3.05) is 19.7 Å². The molecule has 1 fully saturated rings. The SMILES string of the molecule is Cc1nc2ccc(CC(=O)N3CCC4(CC3)OCCc3cn[nH]c34)cc2[nH]1. The van der Waals surface area contributed by atoms with Gasteiger partial charge in [0.05, 0.1) is 36.0 Å². The summed E-state index contributed by atoms with van der Waals surface area (Å²) < 4.78 is 6.17. The van der Waals surface area contributed by atoms with E-state index in [1.54, 1.807) is 0 Å². The number of carbonyl (C=O) groups is 1. The van der Waals surface area contributed by atoms with Gasteiger partial charge in [-0.1, -0.05) is 6.07 Å². The minimum Gasteiger partial charge on any atom is -0.368 e. The van der Waals surface area contributed by atoms with Gasteiger partial charge in [0.25, 0.3) is 0 Å². The summed E-state index contributed by atoms with van der Waals surface area (Å²) in [5, 5.41) is 7.33. The summed E-state index contributed by atoms with van der Waals surface area (Å²) in [6.07, 6.45) is 4.85. The molecular weight excluding hydrogens is 342 g/mol. The Morgan fingerprint density at radius 2 is 2.19 bits per heavy atom. The minimum absolute atomic E-state index is 0.168. The highest BCUT2D eigenvalue weighted by molar-refractivity contribution is 5.82. The third-order valence-electron chi connectivity index (χ3n) is 5.87. The van der Waals surface area contributed by atoms with E-state index in [0.29, 0.717) is 19.5 Å². The first-order valence-electron chi connectivity index (χ1n) is 9.53. The number of carbonyl (C=O) groups excluding carboxylic acids is 1. The number of piperidine rings is 1. The van der Waals surface area contributed by atoms with Gasteiger partial charge in [-0.05, 0) is 49.4 Å². The molecule has 0 radical (unpaired) electrons. The zero-order valence-electron chi connectivity index (χ0n) is 15.4. The highest BCUT2D eigenvalue weighted by Crippen LogP contribution is 2.40.